The van der Waals surface area contributed by atoms with Gasteiger partial charge in [0, 0.05) is 29.6 Å². The minimum Gasteiger partial charge on any atom is -0.493 e. The van der Waals surface area contributed by atoms with Gasteiger partial charge in [-0.1, -0.05) is 36.4 Å². The van der Waals surface area contributed by atoms with Gasteiger partial charge in [0.25, 0.3) is 0 Å². The van der Waals surface area contributed by atoms with Crippen molar-refractivity contribution in [3.63, 3.8) is 0 Å². The van der Waals surface area contributed by atoms with E-state index in [1.807, 2.05) is 49.4 Å². The Hall–Kier alpha value is -4.33. The molecule has 0 bridgehead atoms. The number of aromatic nitrogens is 1. The molecule has 0 spiro atoms. The third-order valence-electron chi connectivity index (χ3n) is 7.43. The molecule has 194 valence electrons. The van der Waals surface area contributed by atoms with Gasteiger partial charge in [-0.25, -0.2) is 4.39 Å². The maximum Gasteiger partial charge on any atom is 0.246 e. The molecule has 2 aliphatic heterocycles. The highest BCUT2D eigenvalue weighted by atomic mass is 19.1. The maximum atomic E-state index is 13.9. The molecule has 0 saturated carbocycles. The number of ether oxygens (including phenoxy) is 2. The van der Waals surface area contributed by atoms with E-state index in [0.717, 1.165) is 33.3 Å². The Morgan fingerprint density at radius 2 is 1.82 bits per heavy atom. The Kier molecular flexibility index (Phi) is 6.02. The van der Waals surface area contributed by atoms with Crippen molar-refractivity contribution in [3.8, 4) is 11.5 Å². The second kappa shape index (κ2) is 9.52. The zero-order valence-electron chi connectivity index (χ0n) is 21.2. The Morgan fingerprint density at radius 3 is 2.58 bits per heavy atom. The maximum absolute atomic E-state index is 13.9. The Bertz CT molecular complexity index is 1530. The number of rotatable bonds is 6. The molecule has 38 heavy (non-hydrogen) atoms. The van der Waals surface area contributed by atoms with E-state index < -0.39 is 12.1 Å². The number of carbonyl (C=O) groups excluding carboxylic acids is 2. The molecular weight excluding hydrogens is 485 g/mol. The molecule has 6 rings (SSSR count). The first kappa shape index (κ1) is 24.0. The van der Waals surface area contributed by atoms with E-state index in [0.29, 0.717) is 24.5 Å². The van der Waals surface area contributed by atoms with Crippen LogP contribution in [0.15, 0.2) is 66.7 Å². The summed E-state index contributed by atoms with van der Waals surface area (Å²) in [5.74, 6) is 0.590. The van der Waals surface area contributed by atoms with Gasteiger partial charge in [-0.15, -0.1) is 0 Å². The van der Waals surface area contributed by atoms with Gasteiger partial charge in [0.05, 0.1) is 19.8 Å². The number of halogens is 1. The van der Waals surface area contributed by atoms with Crippen LogP contribution in [0.2, 0.25) is 0 Å². The third kappa shape index (κ3) is 3.97. The van der Waals surface area contributed by atoms with Crippen LogP contribution in [0, 0.1) is 5.82 Å². The van der Waals surface area contributed by atoms with Crippen LogP contribution in [-0.4, -0.2) is 52.9 Å². The van der Waals surface area contributed by atoms with Crippen molar-refractivity contribution < 1.29 is 23.5 Å². The SMILES string of the molecule is CCOc1ccc([C@H]2c3[nH]c4ccccc4c3C[C@H]3C(=O)N(Cc4ccc(F)cc4)CC(=O)N23)cc1OC. The number of hydrogen-bond donors (Lipinski definition) is 1. The normalized spacial score (nSPS) is 18.9. The average Bonchev–Trinajstić information content (AvgIpc) is 3.30. The molecule has 4 aromatic rings. The van der Waals surface area contributed by atoms with Crippen LogP contribution < -0.4 is 9.47 Å². The van der Waals surface area contributed by atoms with Crippen LogP contribution in [0.1, 0.15) is 35.3 Å². The number of carbonyl (C=O) groups is 2. The first-order valence-electron chi connectivity index (χ1n) is 12.7. The molecule has 1 saturated heterocycles. The molecule has 2 amide bonds. The number of benzene rings is 3. The van der Waals surface area contributed by atoms with E-state index >= 15 is 0 Å². The van der Waals surface area contributed by atoms with Gasteiger partial charge in [0.1, 0.15) is 18.4 Å². The molecule has 1 N–H and O–H groups in total. The molecule has 3 heterocycles. The number of nitrogens with zero attached hydrogens (tertiary/aromatic N) is 2. The number of H-pyrrole nitrogens is 1. The van der Waals surface area contributed by atoms with Crippen molar-refractivity contribution in [2.45, 2.75) is 32.0 Å². The summed E-state index contributed by atoms with van der Waals surface area (Å²) < 4.78 is 24.8. The fraction of sp³-hybridized carbons (Fsp3) is 0.267. The number of piperazine rings is 1. The van der Waals surface area contributed by atoms with Crippen molar-refractivity contribution in [2.75, 3.05) is 20.3 Å². The van der Waals surface area contributed by atoms with Crippen LogP contribution in [0.4, 0.5) is 4.39 Å². The average molecular weight is 514 g/mol. The Labute approximate surface area is 219 Å². The largest absolute Gasteiger partial charge is 0.493 e. The lowest BCUT2D eigenvalue weighted by Gasteiger charge is -2.47. The molecule has 2 atom stereocenters. The summed E-state index contributed by atoms with van der Waals surface area (Å²) >= 11 is 0. The van der Waals surface area contributed by atoms with Gasteiger partial charge in [-0.3, -0.25) is 9.59 Å². The van der Waals surface area contributed by atoms with Gasteiger partial charge >= 0.3 is 0 Å². The summed E-state index contributed by atoms with van der Waals surface area (Å²) in [6.07, 6.45) is 0.411. The molecule has 3 aromatic carbocycles. The van der Waals surface area contributed by atoms with Crippen molar-refractivity contribution in [3.05, 3.63) is 94.9 Å². The molecule has 1 fully saturated rings. The van der Waals surface area contributed by atoms with Gasteiger partial charge < -0.3 is 24.3 Å². The summed E-state index contributed by atoms with van der Waals surface area (Å²) in [5, 5.41) is 1.04. The number of nitrogens with one attached hydrogen (secondary N) is 1. The van der Waals surface area contributed by atoms with Crippen LogP contribution in [0.5, 0.6) is 11.5 Å². The summed E-state index contributed by atoms with van der Waals surface area (Å²) in [6.45, 7) is 2.60. The zero-order valence-corrected chi connectivity index (χ0v) is 21.2. The number of para-hydroxylation sites is 1. The van der Waals surface area contributed by atoms with Crippen LogP contribution in [0.25, 0.3) is 10.9 Å². The van der Waals surface area contributed by atoms with Crippen LogP contribution in [0.3, 0.4) is 0 Å². The van der Waals surface area contributed by atoms with Gasteiger partial charge in [0.2, 0.25) is 11.8 Å². The Morgan fingerprint density at radius 1 is 1.03 bits per heavy atom. The number of amides is 2. The van der Waals surface area contributed by atoms with E-state index in [1.165, 1.54) is 12.1 Å². The number of hydrogen-bond acceptors (Lipinski definition) is 4. The predicted molar refractivity (Wildman–Crippen MR) is 140 cm³/mol. The van der Waals surface area contributed by atoms with Gasteiger partial charge in [0.15, 0.2) is 11.5 Å². The van der Waals surface area contributed by atoms with Crippen LogP contribution >= 0.6 is 0 Å². The third-order valence-corrected chi connectivity index (χ3v) is 7.43. The van der Waals surface area contributed by atoms with E-state index in [-0.39, 0.29) is 30.7 Å². The van der Waals surface area contributed by atoms with Gasteiger partial charge in [-0.05, 0) is 53.9 Å². The molecule has 2 aliphatic rings. The van der Waals surface area contributed by atoms with E-state index in [4.69, 9.17) is 9.47 Å². The number of aromatic amines is 1. The Balaban J connectivity index is 1.45. The zero-order chi connectivity index (χ0) is 26.4. The molecule has 8 heteroatoms. The second-order valence-electron chi connectivity index (χ2n) is 9.65. The fourth-order valence-corrected chi connectivity index (χ4v) is 5.74. The van der Waals surface area contributed by atoms with E-state index in [2.05, 4.69) is 4.98 Å². The summed E-state index contributed by atoms with van der Waals surface area (Å²) in [7, 11) is 1.59. The molecule has 0 aliphatic carbocycles. The predicted octanol–water partition coefficient (Wildman–Crippen LogP) is 4.60. The molecule has 0 radical (unpaired) electrons. The minimum absolute atomic E-state index is 0.0487. The van der Waals surface area contributed by atoms with Crippen molar-refractivity contribution >= 4 is 22.7 Å². The first-order valence-corrected chi connectivity index (χ1v) is 12.7. The number of methoxy groups -OCH3 is 1. The van der Waals surface area contributed by atoms with Gasteiger partial charge in [-0.2, -0.15) is 0 Å². The molecule has 1 aromatic heterocycles. The lowest BCUT2D eigenvalue weighted by Crippen LogP contribution is -2.62. The second-order valence-corrected chi connectivity index (χ2v) is 9.65. The molecule has 7 nitrogen and oxygen atoms in total. The lowest BCUT2D eigenvalue weighted by molar-refractivity contribution is -0.159. The van der Waals surface area contributed by atoms with Crippen LogP contribution in [-0.2, 0) is 22.6 Å². The highest BCUT2D eigenvalue weighted by molar-refractivity contribution is 5.97. The highest BCUT2D eigenvalue weighted by Gasteiger charge is 2.48. The summed E-state index contributed by atoms with van der Waals surface area (Å²) in [4.78, 5) is 34.5. The highest BCUT2D eigenvalue weighted by Crippen LogP contribution is 2.44. The lowest BCUT2D eigenvalue weighted by atomic mass is 9.86. The number of fused-ring (bicyclic) bond motifs is 4. The van der Waals surface area contributed by atoms with Crippen molar-refractivity contribution in [2.24, 2.45) is 0 Å². The topological polar surface area (TPSA) is 74.9 Å². The van der Waals surface area contributed by atoms with E-state index in [9.17, 15) is 14.0 Å². The summed E-state index contributed by atoms with van der Waals surface area (Å²) in [6, 6.07) is 18.5. The molecule has 0 unspecified atom stereocenters. The van der Waals surface area contributed by atoms with E-state index in [1.54, 1.807) is 29.0 Å². The standard InChI is InChI=1S/C30H28FN3O4/c1-3-38-25-13-10-19(14-26(25)37-2)29-28-22(21-6-4-5-7-23(21)32-28)15-24-30(36)33(17-27(35)34(24)29)16-18-8-11-20(31)12-9-18/h4-14,24,29,32H,3,15-17H2,1-2H3/t24-,29-/m0/s1. The van der Waals surface area contributed by atoms with Crippen molar-refractivity contribution in [1.82, 2.24) is 14.8 Å². The monoisotopic (exact) mass is 513 g/mol. The molecular formula is C30H28FN3O4. The fourth-order valence-electron chi connectivity index (χ4n) is 5.74. The minimum atomic E-state index is -0.661. The quantitative estimate of drug-likeness (QED) is 0.409. The van der Waals surface area contributed by atoms with Crippen molar-refractivity contribution in [1.29, 1.82) is 0 Å². The summed E-state index contributed by atoms with van der Waals surface area (Å²) in [5.41, 5.74) is 4.50. The smallest absolute Gasteiger partial charge is 0.246 e. The first-order chi connectivity index (χ1) is 18.5.